The molecule has 0 radical (unpaired) electrons. The lowest BCUT2D eigenvalue weighted by atomic mass is 9.96. The summed E-state index contributed by atoms with van der Waals surface area (Å²) in [6.07, 6.45) is 0. The molecule has 0 saturated heterocycles. The first-order chi connectivity index (χ1) is 24.7. The summed E-state index contributed by atoms with van der Waals surface area (Å²) in [6, 6.07) is 55.6. The van der Waals surface area contributed by atoms with Crippen molar-refractivity contribution in [3.8, 4) is 45.8 Å². The molecule has 0 fully saturated rings. The maximum atomic E-state index is 9.58. The summed E-state index contributed by atoms with van der Waals surface area (Å²) in [5.74, 6) is 0. The Kier molecular flexibility index (Phi) is 6.56. The van der Waals surface area contributed by atoms with Crippen molar-refractivity contribution in [3.63, 3.8) is 0 Å². The van der Waals surface area contributed by atoms with Gasteiger partial charge in [0.15, 0.2) is 5.69 Å². The Morgan fingerprint density at radius 3 is 1.60 bits per heavy atom. The third-order valence-electron chi connectivity index (χ3n) is 9.61. The zero-order valence-electron chi connectivity index (χ0n) is 26.7. The number of nitriles is 2. The minimum Gasteiger partial charge on any atom is -0.309 e. The Hall–Kier alpha value is -7.39. The molecule has 0 saturated carbocycles. The maximum absolute atomic E-state index is 9.58. The predicted molar refractivity (Wildman–Crippen MR) is 202 cm³/mol. The Morgan fingerprint density at radius 1 is 0.460 bits per heavy atom. The number of nitrogens with zero attached hydrogens (tertiary/aromatic N) is 5. The van der Waals surface area contributed by atoms with Crippen LogP contribution in [0.4, 0.5) is 5.69 Å². The minimum atomic E-state index is 0.577. The van der Waals surface area contributed by atoms with Crippen molar-refractivity contribution >= 4 is 49.3 Å². The van der Waals surface area contributed by atoms with E-state index in [0.717, 1.165) is 66.5 Å². The number of rotatable bonds is 4. The topological polar surface area (TPSA) is 61.8 Å². The highest BCUT2D eigenvalue weighted by molar-refractivity contribution is 6.11. The van der Waals surface area contributed by atoms with E-state index in [2.05, 4.69) is 123 Å². The molecule has 0 atom stereocenters. The van der Waals surface area contributed by atoms with Gasteiger partial charge in [0.1, 0.15) is 0 Å². The zero-order valence-corrected chi connectivity index (χ0v) is 26.7. The summed E-state index contributed by atoms with van der Waals surface area (Å²) in [6.45, 7) is 8.09. The van der Waals surface area contributed by atoms with E-state index in [1.54, 1.807) is 0 Å². The molecule has 0 unspecified atom stereocenters. The molecule has 5 heteroatoms. The normalized spacial score (nSPS) is 11.1. The van der Waals surface area contributed by atoms with Crippen molar-refractivity contribution in [2.45, 2.75) is 0 Å². The van der Waals surface area contributed by atoms with Gasteiger partial charge >= 0.3 is 0 Å². The van der Waals surface area contributed by atoms with Crippen LogP contribution in [0.15, 0.2) is 152 Å². The van der Waals surface area contributed by atoms with Gasteiger partial charge in [-0.25, -0.2) is 4.85 Å². The summed E-state index contributed by atoms with van der Waals surface area (Å²) in [5.41, 5.74) is 11.8. The van der Waals surface area contributed by atoms with Crippen LogP contribution in [0.2, 0.25) is 0 Å². The number of aromatic nitrogens is 2. The lowest BCUT2D eigenvalue weighted by molar-refractivity contribution is 1.18. The fraction of sp³-hybridized carbons (Fsp3) is 0. The van der Waals surface area contributed by atoms with Crippen molar-refractivity contribution in [1.82, 2.24) is 9.13 Å². The maximum Gasteiger partial charge on any atom is 0.195 e. The third kappa shape index (κ3) is 4.38. The SMILES string of the molecule is [C-]#[N+]c1ccc(-c2ccc(-n3c4ccc(C#N)cc4c4cc(C#N)ccc43)cc2)cc1-c1ccccc1-n1c2ccccc2c2ccccc21. The number of para-hydroxylation sites is 3. The van der Waals surface area contributed by atoms with Crippen LogP contribution in [0, 0.1) is 29.2 Å². The summed E-state index contributed by atoms with van der Waals surface area (Å²) in [7, 11) is 0. The monoisotopic (exact) mass is 635 g/mol. The highest BCUT2D eigenvalue weighted by atomic mass is 15.0. The Balaban J connectivity index is 1.18. The largest absolute Gasteiger partial charge is 0.309 e. The van der Waals surface area contributed by atoms with Gasteiger partial charge in [0.2, 0.25) is 0 Å². The molecule has 7 aromatic carbocycles. The minimum absolute atomic E-state index is 0.577. The summed E-state index contributed by atoms with van der Waals surface area (Å²) < 4.78 is 4.48. The van der Waals surface area contributed by atoms with Gasteiger partial charge in [-0.2, -0.15) is 10.5 Å². The van der Waals surface area contributed by atoms with Gasteiger partial charge in [-0.15, -0.1) is 0 Å². The summed E-state index contributed by atoms with van der Waals surface area (Å²) in [4.78, 5) is 3.96. The predicted octanol–water partition coefficient (Wildman–Crippen LogP) is 11.5. The molecule has 0 aliphatic carbocycles. The van der Waals surface area contributed by atoms with Gasteiger partial charge < -0.3 is 9.13 Å². The second-order valence-corrected chi connectivity index (χ2v) is 12.3. The van der Waals surface area contributed by atoms with Crippen molar-refractivity contribution in [3.05, 3.63) is 174 Å². The van der Waals surface area contributed by atoms with Crippen molar-refractivity contribution in [2.75, 3.05) is 0 Å². The molecule has 9 aromatic rings. The quantitative estimate of drug-likeness (QED) is 0.181. The van der Waals surface area contributed by atoms with Crippen LogP contribution in [0.25, 0.3) is 82.1 Å². The second kappa shape index (κ2) is 11.4. The molecule has 230 valence electrons. The van der Waals surface area contributed by atoms with E-state index in [-0.39, 0.29) is 0 Å². The molecule has 0 aliphatic heterocycles. The third-order valence-corrected chi connectivity index (χ3v) is 9.61. The van der Waals surface area contributed by atoms with Crippen LogP contribution < -0.4 is 0 Å². The number of fused-ring (bicyclic) bond motifs is 6. The lowest BCUT2D eigenvalue weighted by Crippen LogP contribution is -1.97. The lowest BCUT2D eigenvalue weighted by Gasteiger charge is -2.16. The molecule has 9 rings (SSSR count). The highest BCUT2D eigenvalue weighted by Gasteiger charge is 2.18. The molecule has 50 heavy (non-hydrogen) atoms. The average molecular weight is 636 g/mol. The fourth-order valence-electron chi connectivity index (χ4n) is 7.35. The Bertz CT molecular complexity index is 2830. The van der Waals surface area contributed by atoms with Crippen LogP contribution in [0.3, 0.4) is 0 Å². The van der Waals surface area contributed by atoms with Gasteiger partial charge in [0, 0.05) is 27.2 Å². The first-order valence-corrected chi connectivity index (χ1v) is 16.3. The smallest absolute Gasteiger partial charge is 0.195 e. The summed E-state index contributed by atoms with van der Waals surface area (Å²) in [5, 5.41) is 23.4. The zero-order chi connectivity index (χ0) is 33.8. The second-order valence-electron chi connectivity index (χ2n) is 12.3. The fourth-order valence-corrected chi connectivity index (χ4v) is 7.35. The van der Waals surface area contributed by atoms with E-state index in [0.29, 0.717) is 16.8 Å². The van der Waals surface area contributed by atoms with E-state index in [1.165, 1.54) is 10.8 Å². The average Bonchev–Trinajstić information content (AvgIpc) is 3.69. The van der Waals surface area contributed by atoms with E-state index >= 15 is 0 Å². The van der Waals surface area contributed by atoms with Crippen LogP contribution in [0.1, 0.15) is 11.1 Å². The standard InChI is InChI=1S/C45H25N5/c1-48-40-21-18-32(26-37(40)36-10-4-7-13-43(36)50-41-11-5-2-8-34(41)35-9-3-6-12-42(35)50)31-16-19-33(20-17-31)49-44-22-14-29(27-46)24-38(44)39-25-30(28-47)15-23-45(39)49/h2-26H. The van der Waals surface area contributed by atoms with Gasteiger partial charge in [-0.1, -0.05) is 84.9 Å². The number of hydrogen-bond acceptors (Lipinski definition) is 2. The van der Waals surface area contributed by atoms with E-state index in [9.17, 15) is 10.5 Å². The molecule has 0 N–H and O–H groups in total. The first kappa shape index (κ1) is 28.8. The number of benzene rings is 7. The molecule has 5 nitrogen and oxygen atoms in total. The van der Waals surface area contributed by atoms with Crippen LogP contribution >= 0.6 is 0 Å². The van der Waals surface area contributed by atoms with E-state index in [4.69, 9.17) is 6.57 Å². The van der Waals surface area contributed by atoms with Gasteiger partial charge in [-0.05, 0) is 89.0 Å². The first-order valence-electron chi connectivity index (χ1n) is 16.3. The Labute approximate surface area is 288 Å². The summed E-state index contributed by atoms with van der Waals surface area (Å²) >= 11 is 0. The van der Waals surface area contributed by atoms with Crippen LogP contribution in [-0.2, 0) is 0 Å². The molecule has 2 aromatic heterocycles. The van der Waals surface area contributed by atoms with Crippen molar-refractivity contribution in [2.24, 2.45) is 0 Å². The van der Waals surface area contributed by atoms with Crippen LogP contribution in [-0.4, -0.2) is 9.13 Å². The number of hydrogen-bond donors (Lipinski definition) is 0. The molecular formula is C45H25N5. The molecule has 0 bridgehead atoms. The van der Waals surface area contributed by atoms with Gasteiger partial charge in [-0.3, -0.25) is 0 Å². The van der Waals surface area contributed by atoms with Gasteiger partial charge in [0.25, 0.3) is 0 Å². The molecule has 0 amide bonds. The molecule has 0 aliphatic rings. The molecule has 0 spiro atoms. The molecular weight excluding hydrogens is 611 g/mol. The van der Waals surface area contributed by atoms with Crippen molar-refractivity contribution in [1.29, 1.82) is 10.5 Å². The molecule has 2 heterocycles. The van der Waals surface area contributed by atoms with Gasteiger partial charge in [0.05, 0.1) is 57.6 Å². The Morgan fingerprint density at radius 2 is 1.00 bits per heavy atom. The highest BCUT2D eigenvalue weighted by Crippen LogP contribution is 2.41. The van der Waals surface area contributed by atoms with E-state index < -0.39 is 0 Å². The van der Waals surface area contributed by atoms with Crippen LogP contribution in [0.5, 0.6) is 0 Å². The van der Waals surface area contributed by atoms with E-state index in [1.807, 2.05) is 54.6 Å². The van der Waals surface area contributed by atoms with Crippen molar-refractivity contribution < 1.29 is 0 Å².